The molecule has 3 rings (SSSR count). The Hall–Kier alpha value is -2.96. The summed E-state index contributed by atoms with van der Waals surface area (Å²) in [4.78, 5) is 32.4. The molecule has 0 aliphatic heterocycles. The van der Waals surface area contributed by atoms with Crippen molar-refractivity contribution >= 4 is 17.0 Å². The van der Waals surface area contributed by atoms with Crippen LogP contribution in [0.15, 0.2) is 46.1 Å². The molecular formula is C15H15N5O2. The van der Waals surface area contributed by atoms with Crippen LogP contribution in [0.5, 0.6) is 0 Å². The van der Waals surface area contributed by atoms with Gasteiger partial charge >= 0.3 is 5.69 Å². The minimum absolute atomic E-state index is 0.315. The Morgan fingerprint density at radius 3 is 2.55 bits per heavy atom. The van der Waals surface area contributed by atoms with Crippen LogP contribution >= 0.6 is 0 Å². The number of rotatable bonds is 3. The van der Waals surface area contributed by atoms with E-state index >= 15 is 0 Å². The van der Waals surface area contributed by atoms with E-state index in [-0.39, 0.29) is 0 Å². The van der Waals surface area contributed by atoms with Crippen LogP contribution in [0.4, 0.5) is 5.95 Å². The van der Waals surface area contributed by atoms with Crippen LogP contribution in [0.25, 0.3) is 11.0 Å². The maximum Gasteiger partial charge on any atom is 0.332 e. The Morgan fingerprint density at radius 1 is 1.09 bits per heavy atom. The minimum Gasteiger partial charge on any atom is -0.350 e. The monoisotopic (exact) mass is 297 g/mol. The number of hydrogen-bond donors (Lipinski definition) is 1. The van der Waals surface area contributed by atoms with Gasteiger partial charge in [-0.15, -0.1) is 0 Å². The number of hydrogen-bond acceptors (Lipinski definition) is 5. The van der Waals surface area contributed by atoms with Crippen molar-refractivity contribution in [1.82, 2.24) is 19.1 Å². The molecule has 22 heavy (non-hydrogen) atoms. The molecule has 0 bridgehead atoms. The molecule has 2 heterocycles. The molecular weight excluding hydrogens is 282 g/mol. The first-order chi connectivity index (χ1) is 10.6. The van der Waals surface area contributed by atoms with Crippen molar-refractivity contribution in [3.8, 4) is 0 Å². The van der Waals surface area contributed by atoms with Crippen molar-refractivity contribution < 1.29 is 0 Å². The highest BCUT2D eigenvalue weighted by atomic mass is 16.2. The Kier molecular flexibility index (Phi) is 3.46. The van der Waals surface area contributed by atoms with Crippen LogP contribution in [-0.2, 0) is 20.6 Å². The largest absolute Gasteiger partial charge is 0.350 e. The van der Waals surface area contributed by atoms with Gasteiger partial charge in [-0.2, -0.15) is 4.98 Å². The van der Waals surface area contributed by atoms with Gasteiger partial charge in [0.2, 0.25) is 5.95 Å². The molecule has 0 saturated heterocycles. The van der Waals surface area contributed by atoms with E-state index in [1.165, 1.54) is 17.8 Å². The van der Waals surface area contributed by atoms with Crippen LogP contribution in [-0.4, -0.2) is 19.1 Å². The highest BCUT2D eigenvalue weighted by Crippen LogP contribution is 2.08. The Bertz CT molecular complexity index is 944. The maximum atomic E-state index is 12.0. The molecule has 0 fully saturated rings. The van der Waals surface area contributed by atoms with Gasteiger partial charge in [0.1, 0.15) is 5.39 Å². The van der Waals surface area contributed by atoms with Crippen molar-refractivity contribution in [2.75, 3.05) is 5.32 Å². The molecule has 7 heteroatoms. The van der Waals surface area contributed by atoms with E-state index in [9.17, 15) is 9.59 Å². The average Bonchev–Trinajstić information content (AvgIpc) is 2.57. The van der Waals surface area contributed by atoms with Gasteiger partial charge in [-0.25, -0.2) is 9.78 Å². The van der Waals surface area contributed by atoms with Crippen molar-refractivity contribution in [1.29, 1.82) is 0 Å². The molecule has 1 N–H and O–H groups in total. The molecule has 0 saturated carbocycles. The fourth-order valence-corrected chi connectivity index (χ4v) is 2.22. The number of aryl methyl sites for hydroxylation is 1. The quantitative estimate of drug-likeness (QED) is 0.767. The molecule has 2 aromatic heterocycles. The van der Waals surface area contributed by atoms with E-state index in [0.717, 1.165) is 10.1 Å². The second kappa shape index (κ2) is 5.44. The molecule has 0 amide bonds. The topological polar surface area (TPSA) is 81.8 Å². The Labute approximate surface area is 125 Å². The average molecular weight is 297 g/mol. The lowest BCUT2D eigenvalue weighted by Crippen LogP contribution is -2.37. The molecule has 0 atom stereocenters. The lowest BCUT2D eigenvalue weighted by molar-refractivity contribution is 0.706. The number of anilines is 1. The molecule has 0 aliphatic carbocycles. The summed E-state index contributed by atoms with van der Waals surface area (Å²) in [5.74, 6) is 0.375. The van der Waals surface area contributed by atoms with Crippen LogP contribution in [0.2, 0.25) is 0 Å². The third-order valence-corrected chi connectivity index (χ3v) is 3.49. The van der Waals surface area contributed by atoms with Gasteiger partial charge in [-0.1, -0.05) is 30.3 Å². The molecule has 3 aromatic rings. The minimum atomic E-state index is -0.412. The SMILES string of the molecule is Cn1c(=O)c2cnc(NCc3ccccc3)nc2n(C)c1=O. The highest BCUT2D eigenvalue weighted by Gasteiger charge is 2.10. The molecule has 7 nitrogen and oxygen atoms in total. The fourth-order valence-electron chi connectivity index (χ4n) is 2.22. The van der Waals surface area contributed by atoms with Crippen molar-refractivity contribution in [3.05, 3.63) is 62.9 Å². The summed E-state index contributed by atoms with van der Waals surface area (Å²) in [5.41, 5.74) is 0.598. The molecule has 0 radical (unpaired) electrons. The first kappa shape index (κ1) is 14.0. The summed E-state index contributed by atoms with van der Waals surface area (Å²) in [6.07, 6.45) is 1.44. The van der Waals surface area contributed by atoms with E-state index in [1.54, 1.807) is 7.05 Å². The van der Waals surface area contributed by atoms with Crippen LogP contribution in [0, 0.1) is 0 Å². The Balaban J connectivity index is 2.00. The fraction of sp³-hybridized carbons (Fsp3) is 0.200. The second-order valence-corrected chi connectivity index (χ2v) is 4.98. The zero-order valence-corrected chi connectivity index (χ0v) is 12.3. The maximum absolute atomic E-state index is 12.0. The number of nitrogens with zero attached hydrogens (tertiary/aromatic N) is 4. The zero-order chi connectivity index (χ0) is 15.7. The van der Waals surface area contributed by atoms with Crippen LogP contribution in [0.1, 0.15) is 5.56 Å². The van der Waals surface area contributed by atoms with E-state index in [1.807, 2.05) is 30.3 Å². The number of aromatic nitrogens is 4. The van der Waals surface area contributed by atoms with Gasteiger partial charge in [0, 0.05) is 26.8 Å². The molecule has 0 unspecified atom stereocenters. The first-order valence-corrected chi connectivity index (χ1v) is 6.78. The Morgan fingerprint density at radius 2 is 1.82 bits per heavy atom. The van der Waals surface area contributed by atoms with E-state index < -0.39 is 11.2 Å². The van der Waals surface area contributed by atoms with Gasteiger partial charge in [-0.3, -0.25) is 13.9 Å². The number of benzene rings is 1. The molecule has 0 spiro atoms. The third-order valence-electron chi connectivity index (χ3n) is 3.49. The summed E-state index contributed by atoms with van der Waals surface area (Å²) >= 11 is 0. The summed E-state index contributed by atoms with van der Waals surface area (Å²) in [6.45, 7) is 0.561. The predicted octanol–water partition coefficient (Wildman–Crippen LogP) is 0.639. The summed E-state index contributed by atoms with van der Waals surface area (Å²) in [7, 11) is 3.02. The highest BCUT2D eigenvalue weighted by molar-refractivity contribution is 5.73. The smallest absolute Gasteiger partial charge is 0.332 e. The molecule has 112 valence electrons. The summed E-state index contributed by atoms with van der Waals surface area (Å²) in [5, 5.41) is 3.40. The normalized spacial score (nSPS) is 10.8. The molecule has 0 aliphatic rings. The predicted molar refractivity (Wildman–Crippen MR) is 83.8 cm³/mol. The van der Waals surface area contributed by atoms with Crippen molar-refractivity contribution in [2.45, 2.75) is 6.54 Å². The summed E-state index contributed by atoms with van der Waals surface area (Å²) < 4.78 is 2.38. The number of fused-ring (bicyclic) bond motifs is 1. The first-order valence-electron chi connectivity index (χ1n) is 6.78. The standard InChI is InChI=1S/C15H15N5O2/c1-19-12-11(13(21)20(2)15(19)22)9-17-14(18-12)16-8-10-6-4-3-5-7-10/h3-7,9H,8H2,1-2H3,(H,16,17,18). The third kappa shape index (κ3) is 2.37. The van der Waals surface area contributed by atoms with Crippen molar-refractivity contribution in [2.24, 2.45) is 14.1 Å². The van der Waals surface area contributed by atoms with Gasteiger partial charge in [0.05, 0.1) is 0 Å². The van der Waals surface area contributed by atoms with Gasteiger partial charge in [-0.05, 0) is 5.56 Å². The van der Waals surface area contributed by atoms with Gasteiger partial charge in [0.25, 0.3) is 5.56 Å². The zero-order valence-electron chi connectivity index (χ0n) is 12.3. The van der Waals surface area contributed by atoms with Crippen LogP contribution < -0.4 is 16.6 Å². The molecule has 1 aromatic carbocycles. The van der Waals surface area contributed by atoms with E-state index in [4.69, 9.17) is 0 Å². The van der Waals surface area contributed by atoms with Crippen molar-refractivity contribution in [3.63, 3.8) is 0 Å². The summed E-state index contributed by atoms with van der Waals surface area (Å²) in [6, 6.07) is 9.82. The van der Waals surface area contributed by atoms with Crippen LogP contribution in [0.3, 0.4) is 0 Å². The lowest BCUT2D eigenvalue weighted by Gasteiger charge is -2.09. The van der Waals surface area contributed by atoms with E-state index in [0.29, 0.717) is 23.5 Å². The number of nitrogens with one attached hydrogen (secondary N) is 1. The lowest BCUT2D eigenvalue weighted by atomic mass is 10.2. The van der Waals surface area contributed by atoms with E-state index in [2.05, 4.69) is 15.3 Å². The van der Waals surface area contributed by atoms with Gasteiger partial charge < -0.3 is 5.32 Å². The van der Waals surface area contributed by atoms with Gasteiger partial charge in [0.15, 0.2) is 5.65 Å². The second-order valence-electron chi connectivity index (χ2n) is 4.98.